The summed E-state index contributed by atoms with van der Waals surface area (Å²) in [6.07, 6.45) is 14.9. The Morgan fingerprint density at radius 2 is 1.67 bits per heavy atom. The third-order valence-electron chi connectivity index (χ3n) is 8.85. The van der Waals surface area contributed by atoms with Gasteiger partial charge in [-0.2, -0.15) is 0 Å². The molecular weight excluding hydrogens is 659 g/mol. The fourth-order valence-corrected chi connectivity index (χ4v) is 8.98. The molecule has 3 aromatic rings. The van der Waals surface area contributed by atoms with Crippen LogP contribution in [-0.2, 0) is 33.9 Å². The van der Waals surface area contributed by atoms with Crippen LogP contribution in [0.4, 0.5) is 11.4 Å². The maximum absolute atomic E-state index is 13.7. The van der Waals surface area contributed by atoms with Crippen LogP contribution in [0, 0.1) is 0 Å². The topological polar surface area (TPSA) is 71.8 Å². The second-order valence-electron chi connectivity index (χ2n) is 12.2. The van der Waals surface area contributed by atoms with E-state index in [2.05, 4.69) is 67.3 Å². The van der Waals surface area contributed by atoms with Gasteiger partial charge in [0.2, 0.25) is 0 Å². The first kappa shape index (κ1) is 35.8. The normalized spacial score (nSPS) is 16.3. The third-order valence-corrected chi connectivity index (χ3v) is 11.5. The summed E-state index contributed by atoms with van der Waals surface area (Å²) >= 11 is 7.86. The molecule has 7 nitrogen and oxygen atoms in total. The van der Waals surface area contributed by atoms with Crippen LogP contribution in [0.25, 0.3) is 17.1 Å². The lowest BCUT2D eigenvalue weighted by Crippen LogP contribution is -2.34. The number of fused-ring (bicyclic) bond motifs is 2. The predicted octanol–water partition coefficient (Wildman–Crippen LogP) is 7.29. The van der Waals surface area contributed by atoms with Crippen LogP contribution in [0.15, 0.2) is 52.8 Å². The van der Waals surface area contributed by atoms with Gasteiger partial charge in [-0.05, 0) is 85.6 Å². The number of para-hydroxylation sites is 1. The highest BCUT2D eigenvalue weighted by molar-refractivity contribution is 8.30. The summed E-state index contributed by atoms with van der Waals surface area (Å²) in [5.41, 5.74) is 7.17. The minimum atomic E-state index is -0.293. The molecule has 3 heterocycles. The Kier molecular flexibility index (Phi) is 12.9. The van der Waals surface area contributed by atoms with E-state index in [1.54, 1.807) is 0 Å². The quantitative estimate of drug-likeness (QED) is 0.0936. The Morgan fingerprint density at radius 3 is 2.42 bits per heavy atom. The number of rotatable bonds is 15. The van der Waals surface area contributed by atoms with Crippen molar-refractivity contribution in [1.29, 1.82) is 0 Å². The van der Waals surface area contributed by atoms with Crippen molar-refractivity contribution in [1.82, 2.24) is 9.47 Å². The number of thioether (sulfide) groups is 1. The van der Waals surface area contributed by atoms with Gasteiger partial charge in [0.05, 0.1) is 4.53 Å². The smallest absolute Gasteiger partial charge is 0.294 e. The van der Waals surface area contributed by atoms with E-state index < -0.39 is 0 Å². The molecule has 10 heteroatoms. The van der Waals surface area contributed by atoms with Gasteiger partial charge in [-0.25, -0.2) is 0 Å². The number of aryl methyl sites for hydroxylation is 2. The number of ether oxygens (including phenoxy) is 1. The predicted molar refractivity (Wildman–Crippen MR) is 204 cm³/mol. The molecule has 2 aliphatic rings. The van der Waals surface area contributed by atoms with Crippen molar-refractivity contribution >= 4 is 80.4 Å². The molecule has 0 aliphatic carbocycles. The van der Waals surface area contributed by atoms with E-state index in [1.165, 1.54) is 74.3 Å². The zero-order chi connectivity index (χ0) is 34.0. The van der Waals surface area contributed by atoms with E-state index in [0.29, 0.717) is 31.4 Å². The molecule has 1 amide bonds. The Labute approximate surface area is 297 Å². The molecule has 0 N–H and O–H groups in total. The molecule has 5 rings (SSSR count). The number of aromatic nitrogens is 1. The van der Waals surface area contributed by atoms with Gasteiger partial charge in [0.15, 0.2) is 6.73 Å². The number of nitrogens with zero attached hydrogens (tertiary/aromatic N) is 3. The lowest BCUT2D eigenvalue weighted by molar-refractivity contribution is -0.132. The maximum Gasteiger partial charge on any atom is 0.294 e. The van der Waals surface area contributed by atoms with Crippen LogP contribution in [0.2, 0.25) is 0 Å². The molecule has 2 aliphatic heterocycles. The number of carbonyl (C=O) groups excluding carboxylic acids is 2. The minimum Gasteiger partial charge on any atom is -0.446 e. The molecule has 254 valence electrons. The monoisotopic (exact) mass is 703 g/mol. The number of amides is 1. The van der Waals surface area contributed by atoms with Gasteiger partial charge < -0.3 is 9.64 Å². The number of unbranched alkanes of at least 4 members (excludes halogenated alkanes) is 5. The molecule has 0 unspecified atom stereocenters. The molecule has 0 saturated carbocycles. The second kappa shape index (κ2) is 17.3. The van der Waals surface area contributed by atoms with Gasteiger partial charge >= 0.3 is 0 Å². The SMILES string of the molecule is CCCCCCN1c2ccccc2CCc2cc(C=C(C=c3sc(=C4SC(=S)N(CC)C4=O)n(COC=O)c3=O)CCCCC)ccc21. The number of hydrogen-bond acceptors (Lipinski definition) is 8. The summed E-state index contributed by atoms with van der Waals surface area (Å²) in [4.78, 5) is 42.5. The van der Waals surface area contributed by atoms with Gasteiger partial charge in [0.1, 0.15) is 13.9 Å². The molecule has 1 aromatic heterocycles. The van der Waals surface area contributed by atoms with Crippen molar-refractivity contribution in [2.45, 2.75) is 91.7 Å². The van der Waals surface area contributed by atoms with Gasteiger partial charge in [-0.3, -0.25) is 23.9 Å². The summed E-state index contributed by atoms with van der Waals surface area (Å²) in [5.74, 6) is -0.231. The molecule has 2 aromatic carbocycles. The lowest BCUT2D eigenvalue weighted by Gasteiger charge is -2.27. The van der Waals surface area contributed by atoms with Crippen LogP contribution < -0.4 is 19.7 Å². The molecule has 0 bridgehead atoms. The Bertz CT molecular complexity index is 1860. The fourth-order valence-electron chi connectivity index (χ4n) is 6.34. The van der Waals surface area contributed by atoms with Crippen molar-refractivity contribution in [3.05, 3.63) is 84.3 Å². The molecule has 1 saturated heterocycles. The summed E-state index contributed by atoms with van der Waals surface area (Å²) in [7, 11) is 0. The highest BCUT2D eigenvalue weighted by Gasteiger charge is 2.33. The highest BCUT2D eigenvalue weighted by atomic mass is 32.2. The summed E-state index contributed by atoms with van der Waals surface area (Å²) in [6.45, 7) is 7.78. The van der Waals surface area contributed by atoms with Crippen molar-refractivity contribution in [2.75, 3.05) is 18.0 Å². The van der Waals surface area contributed by atoms with Crippen LogP contribution in [-0.4, -0.2) is 39.3 Å². The Balaban J connectivity index is 1.57. The number of benzene rings is 2. The van der Waals surface area contributed by atoms with Crippen molar-refractivity contribution in [3.8, 4) is 0 Å². The average molecular weight is 704 g/mol. The molecule has 0 radical (unpaired) electrons. The van der Waals surface area contributed by atoms with Crippen LogP contribution in [0.3, 0.4) is 0 Å². The first-order valence-electron chi connectivity index (χ1n) is 17.1. The van der Waals surface area contributed by atoms with E-state index in [9.17, 15) is 14.4 Å². The van der Waals surface area contributed by atoms with Crippen molar-refractivity contribution in [2.24, 2.45) is 0 Å². The Morgan fingerprint density at radius 1 is 0.917 bits per heavy atom. The van der Waals surface area contributed by atoms with E-state index in [1.807, 2.05) is 13.0 Å². The van der Waals surface area contributed by atoms with Crippen molar-refractivity contribution in [3.63, 3.8) is 0 Å². The summed E-state index contributed by atoms with van der Waals surface area (Å²) in [5, 5.41) is 0. The number of thiazole rings is 1. The van der Waals surface area contributed by atoms with Gasteiger partial charge in [0.25, 0.3) is 17.9 Å². The lowest BCUT2D eigenvalue weighted by atomic mass is 9.99. The van der Waals surface area contributed by atoms with E-state index in [4.69, 9.17) is 17.0 Å². The summed E-state index contributed by atoms with van der Waals surface area (Å²) < 4.78 is 7.79. The third kappa shape index (κ3) is 8.21. The standard InChI is InChI=1S/C38H45N3O4S3/c1-4-7-9-13-21-40-31-16-12-11-15-29(31)18-19-30-23-28(17-20-32(30)40)22-27(14-10-8-5-2)24-33-35(43)41(25-45-26-42)37(47-33)34-36(44)39(6-3)38(46)48-34/h11-12,15-17,20,22-24,26H,4-10,13-14,18-19,21,25H2,1-3H3. The molecule has 0 spiro atoms. The molecular formula is C38H45N3O4S3. The zero-order valence-corrected chi connectivity index (χ0v) is 30.6. The summed E-state index contributed by atoms with van der Waals surface area (Å²) in [6, 6.07) is 15.6. The zero-order valence-electron chi connectivity index (χ0n) is 28.2. The van der Waals surface area contributed by atoms with Crippen LogP contribution >= 0.6 is 35.3 Å². The largest absolute Gasteiger partial charge is 0.446 e. The highest BCUT2D eigenvalue weighted by Crippen LogP contribution is 2.37. The van der Waals surface area contributed by atoms with Gasteiger partial charge in [0, 0.05) is 24.5 Å². The number of anilines is 2. The van der Waals surface area contributed by atoms with Crippen molar-refractivity contribution < 1.29 is 14.3 Å². The van der Waals surface area contributed by atoms with Crippen LogP contribution in [0.1, 0.15) is 88.8 Å². The average Bonchev–Trinajstić information content (AvgIpc) is 3.49. The number of hydrogen-bond donors (Lipinski definition) is 0. The molecule has 48 heavy (non-hydrogen) atoms. The van der Waals surface area contributed by atoms with E-state index >= 15 is 0 Å². The maximum atomic E-state index is 13.7. The second-order valence-corrected chi connectivity index (χ2v) is 14.9. The number of allylic oxidation sites excluding steroid dienone is 1. The van der Waals surface area contributed by atoms with Crippen LogP contribution in [0.5, 0.6) is 0 Å². The van der Waals surface area contributed by atoms with Gasteiger partial charge in [-0.15, -0.1) is 11.3 Å². The van der Waals surface area contributed by atoms with E-state index in [-0.39, 0.29) is 18.2 Å². The van der Waals surface area contributed by atoms with E-state index in [0.717, 1.165) is 62.6 Å². The molecule has 0 atom stereocenters. The number of carbonyl (C=O) groups is 2. The first-order valence-corrected chi connectivity index (χ1v) is 19.2. The minimum absolute atomic E-state index is 0.231. The molecule has 1 fully saturated rings. The Hall–Kier alpha value is -3.47. The first-order chi connectivity index (χ1) is 23.4. The van der Waals surface area contributed by atoms with Gasteiger partial charge in [-0.1, -0.05) is 100 Å². The number of thiocarbonyl (C=S) groups is 1. The fraction of sp³-hybridized carbons (Fsp3) is 0.421.